The van der Waals surface area contributed by atoms with Crippen LogP contribution in [0.5, 0.6) is 0 Å². The number of carboxylic acid groups (broad SMARTS) is 1. The summed E-state index contributed by atoms with van der Waals surface area (Å²) in [7, 11) is 0. The minimum absolute atomic E-state index is 0.228. The van der Waals surface area contributed by atoms with Gasteiger partial charge in [-0.2, -0.15) is 0 Å². The third-order valence-corrected chi connectivity index (χ3v) is 3.11. The van der Waals surface area contributed by atoms with Crippen LogP contribution in [0.15, 0.2) is 42.5 Å². The lowest BCUT2D eigenvalue weighted by atomic mass is 10.1. The first-order chi connectivity index (χ1) is 9.24. The predicted octanol–water partition coefficient (Wildman–Crippen LogP) is 3.02. The number of hydrogen-bond acceptors (Lipinski definition) is 3. The number of carbonyl (C=O) groups is 1. The van der Waals surface area contributed by atoms with Crippen molar-refractivity contribution in [1.82, 2.24) is 4.98 Å². The van der Waals surface area contributed by atoms with E-state index >= 15 is 0 Å². The molecule has 1 aromatic carbocycles. The van der Waals surface area contributed by atoms with E-state index in [-0.39, 0.29) is 5.56 Å². The molecule has 0 saturated heterocycles. The molecule has 1 fully saturated rings. The zero-order valence-corrected chi connectivity index (χ0v) is 10.3. The largest absolute Gasteiger partial charge is 0.478 e. The van der Waals surface area contributed by atoms with E-state index in [1.165, 1.54) is 0 Å². The van der Waals surface area contributed by atoms with Gasteiger partial charge in [0.1, 0.15) is 11.4 Å². The molecule has 0 amide bonds. The van der Waals surface area contributed by atoms with E-state index in [1.807, 2.05) is 30.3 Å². The van der Waals surface area contributed by atoms with Crippen molar-refractivity contribution in [3.63, 3.8) is 0 Å². The summed E-state index contributed by atoms with van der Waals surface area (Å²) < 4.78 is 0. The molecule has 2 N–H and O–H groups in total. The van der Waals surface area contributed by atoms with Gasteiger partial charge >= 0.3 is 5.97 Å². The highest BCUT2D eigenvalue weighted by atomic mass is 16.4. The molecule has 1 heterocycles. The second-order valence-corrected chi connectivity index (χ2v) is 4.68. The Morgan fingerprint density at radius 2 is 1.89 bits per heavy atom. The lowest BCUT2D eigenvalue weighted by Gasteiger charge is -2.10. The lowest BCUT2D eigenvalue weighted by Crippen LogP contribution is -2.10. The average molecular weight is 254 g/mol. The van der Waals surface area contributed by atoms with Gasteiger partial charge in [0.15, 0.2) is 0 Å². The number of pyridine rings is 1. The number of aromatic carboxylic acids is 1. The van der Waals surface area contributed by atoms with E-state index in [1.54, 1.807) is 12.1 Å². The van der Waals surface area contributed by atoms with Crippen LogP contribution >= 0.6 is 0 Å². The Kier molecular flexibility index (Phi) is 2.91. The number of rotatable bonds is 4. The molecule has 3 rings (SSSR count). The van der Waals surface area contributed by atoms with Crippen LogP contribution < -0.4 is 5.32 Å². The first kappa shape index (κ1) is 11.7. The molecule has 1 aliphatic rings. The number of nitrogens with one attached hydrogen (secondary N) is 1. The highest BCUT2D eigenvalue weighted by Crippen LogP contribution is 2.27. The van der Waals surface area contributed by atoms with Crippen molar-refractivity contribution in [2.24, 2.45) is 0 Å². The van der Waals surface area contributed by atoms with Gasteiger partial charge < -0.3 is 10.4 Å². The van der Waals surface area contributed by atoms with Gasteiger partial charge in [0, 0.05) is 11.6 Å². The smallest absolute Gasteiger partial charge is 0.339 e. The van der Waals surface area contributed by atoms with Crippen LogP contribution in [0.25, 0.3) is 11.3 Å². The number of nitrogens with zero attached hydrogens (tertiary/aromatic N) is 1. The van der Waals surface area contributed by atoms with Crippen molar-refractivity contribution in [3.8, 4) is 11.3 Å². The summed E-state index contributed by atoms with van der Waals surface area (Å²) in [6.07, 6.45) is 2.16. The first-order valence-electron chi connectivity index (χ1n) is 6.30. The van der Waals surface area contributed by atoms with Gasteiger partial charge in [0.05, 0.1) is 5.69 Å². The molecule has 19 heavy (non-hydrogen) atoms. The van der Waals surface area contributed by atoms with Gasteiger partial charge in [-0.05, 0) is 25.0 Å². The molecule has 1 aliphatic carbocycles. The number of anilines is 1. The Balaban J connectivity index is 2.00. The van der Waals surface area contributed by atoms with Crippen LogP contribution in [-0.2, 0) is 0 Å². The zero-order chi connectivity index (χ0) is 13.2. The molecule has 0 unspecified atom stereocenters. The third kappa shape index (κ3) is 2.57. The minimum atomic E-state index is -0.949. The third-order valence-electron chi connectivity index (χ3n) is 3.11. The quantitative estimate of drug-likeness (QED) is 0.880. The predicted molar refractivity (Wildman–Crippen MR) is 73.3 cm³/mol. The summed E-state index contributed by atoms with van der Waals surface area (Å²) in [4.78, 5) is 15.6. The fourth-order valence-electron chi connectivity index (χ4n) is 1.93. The summed E-state index contributed by atoms with van der Waals surface area (Å²) in [5.74, 6) is -0.480. The second kappa shape index (κ2) is 4.72. The Hall–Kier alpha value is -2.36. The number of benzene rings is 1. The topological polar surface area (TPSA) is 62.2 Å². The van der Waals surface area contributed by atoms with Gasteiger partial charge in [0.25, 0.3) is 0 Å². The number of aromatic nitrogens is 1. The van der Waals surface area contributed by atoms with Crippen molar-refractivity contribution in [2.75, 3.05) is 5.32 Å². The monoisotopic (exact) mass is 254 g/mol. The van der Waals surface area contributed by atoms with E-state index in [4.69, 9.17) is 0 Å². The second-order valence-electron chi connectivity index (χ2n) is 4.68. The molecule has 0 spiro atoms. The highest BCUT2D eigenvalue weighted by Gasteiger charge is 2.24. The van der Waals surface area contributed by atoms with Crippen LogP contribution in [0.3, 0.4) is 0 Å². The van der Waals surface area contributed by atoms with Gasteiger partial charge in [0.2, 0.25) is 0 Å². The van der Waals surface area contributed by atoms with Crippen molar-refractivity contribution >= 4 is 11.8 Å². The maximum Gasteiger partial charge on any atom is 0.339 e. The summed E-state index contributed by atoms with van der Waals surface area (Å²) in [5, 5.41) is 12.4. The molecule has 0 radical (unpaired) electrons. The van der Waals surface area contributed by atoms with Crippen molar-refractivity contribution in [1.29, 1.82) is 0 Å². The molecular weight excluding hydrogens is 240 g/mol. The normalized spacial score (nSPS) is 14.1. The van der Waals surface area contributed by atoms with Crippen LogP contribution in [-0.4, -0.2) is 22.1 Å². The maximum atomic E-state index is 11.2. The van der Waals surface area contributed by atoms with E-state index in [9.17, 15) is 9.90 Å². The molecular formula is C15H14N2O2. The molecule has 0 aliphatic heterocycles. The van der Waals surface area contributed by atoms with E-state index in [2.05, 4.69) is 10.3 Å². The average Bonchev–Trinajstić information content (AvgIpc) is 3.23. The van der Waals surface area contributed by atoms with Crippen molar-refractivity contribution in [3.05, 3.63) is 48.0 Å². The molecule has 1 saturated carbocycles. The molecule has 0 atom stereocenters. The van der Waals surface area contributed by atoms with Gasteiger partial charge in [-0.1, -0.05) is 30.3 Å². The minimum Gasteiger partial charge on any atom is -0.478 e. The van der Waals surface area contributed by atoms with E-state index < -0.39 is 5.97 Å². The van der Waals surface area contributed by atoms with Gasteiger partial charge in [-0.3, -0.25) is 0 Å². The van der Waals surface area contributed by atoms with Crippen molar-refractivity contribution < 1.29 is 9.90 Å². The Bertz CT molecular complexity index is 607. The van der Waals surface area contributed by atoms with Crippen LogP contribution in [0.1, 0.15) is 23.2 Å². The Labute approximate surface area is 111 Å². The number of hydrogen-bond donors (Lipinski definition) is 2. The molecule has 4 nitrogen and oxygen atoms in total. The summed E-state index contributed by atoms with van der Waals surface area (Å²) in [6, 6.07) is 13.5. The number of carboxylic acids is 1. The van der Waals surface area contributed by atoms with E-state index in [0.29, 0.717) is 11.9 Å². The van der Waals surface area contributed by atoms with Crippen molar-refractivity contribution in [2.45, 2.75) is 18.9 Å². The molecule has 96 valence electrons. The fourth-order valence-corrected chi connectivity index (χ4v) is 1.93. The zero-order valence-electron chi connectivity index (χ0n) is 10.3. The lowest BCUT2D eigenvalue weighted by molar-refractivity contribution is 0.0697. The first-order valence-corrected chi connectivity index (χ1v) is 6.30. The van der Waals surface area contributed by atoms with E-state index in [0.717, 1.165) is 24.1 Å². The van der Waals surface area contributed by atoms with Crippen LogP contribution in [0, 0.1) is 0 Å². The fraction of sp³-hybridized carbons (Fsp3) is 0.200. The Morgan fingerprint density at radius 3 is 2.53 bits per heavy atom. The maximum absolute atomic E-state index is 11.2. The SMILES string of the molecule is O=C(O)c1ccc(-c2ccccc2)nc1NC1CC1. The Morgan fingerprint density at radius 1 is 1.16 bits per heavy atom. The summed E-state index contributed by atoms with van der Waals surface area (Å²) in [6.45, 7) is 0. The van der Waals surface area contributed by atoms with Gasteiger partial charge in [-0.25, -0.2) is 9.78 Å². The molecule has 0 bridgehead atoms. The standard InChI is InChI=1S/C15H14N2O2/c18-15(19)12-8-9-13(10-4-2-1-3-5-10)17-14(12)16-11-6-7-11/h1-5,8-9,11H,6-7H2,(H,16,17)(H,18,19). The highest BCUT2D eigenvalue weighted by molar-refractivity contribution is 5.93. The molecule has 4 heteroatoms. The summed E-state index contributed by atoms with van der Waals surface area (Å²) in [5.41, 5.74) is 2.00. The molecule has 2 aromatic rings. The van der Waals surface area contributed by atoms with Crippen LogP contribution in [0.2, 0.25) is 0 Å². The van der Waals surface area contributed by atoms with Crippen LogP contribution in [0.4, 0.5) is 5.82 Å². The molecule has 1 aromatic heterocycles. The summed E-state index contributed by atoms with van der Waals surface area (Å²) >= 11 is 0. The van der Waals surface area contributed by atoms with Gasteiger partial charge in [-0.15, -0.1) is 0 Å².